The van der Waals surface area contributed by atoms with Gasteiger partial charge in [-0.2, -0.15) is 0 Å². The van der Waals surface area contributed by atoms with Crippen LogP contribution in [0.1, 0.15) is 1.43 Å². The average Bonchev–Trinajstić information content (AvgIpc) is 0.811. The Kier molecular flexibility index (Phi) is 27.7. The van der Waals surface area contributed by atoms with Crippen molar-refractivity contribution in [2.75, 3.05) is 0 Å². The molecular formula is CH2K2O3. The third-order valence-corrected chi connectivity index (χ3v) is 0. The van der Waals surface area contributed by atoms with E-state index in [1.54, 1.807) is 0 Å². The Hall–Kier alpha value is 2.54. The minimum Gasteiger partial charge on any atom is -1.00 e. The number of hydrogen-bond donors (Lipinski definition) is 1. The normalized spacial score (nSPS) is 4.00. The van der Waals surface area contributed by atoms with Crippen molar-refractivity contribution in [1.29, 1.82) is 0 Å². The van der Waals surface area contributed by atoms with E-state index >= 15 is 0 Å². The van der Waals surface area contributed by atoms with Crippen molar-refractivity contribution in [2.24, 2.45) is 0 Å². The molecule has 3 nitrogen and oxygen atoms in total. The Labute approximate surface area is 122 Å². The molecule has 0 radical (unpaired) electrons. The Morgan fingerprint density at radius 1 is 1.67 bits per heavy atom. The molecule has 0 aromatic heterocycles. The summed E-state index contributed by atoms with van der Waals surface area (Å²) in [6.07, 6.45) is -2.08. The molecule has 0 rings (SSSR count). The topological polar surface area (TPSA) is 60.4 Å². The molecule has 0 fully saturated rings. The van der Waals surface area contributed by atoms with Gasteiger partial charge in [-0.1, -0.05) is 0 Å². The second-order valence-corrected chi connectivity index (χ2v) is 0.266. The maximum Gasteiger partial charge on any atom is 1.00 e. The van der Waals surface area contributed by atoms with Crippen LogP contribution < -0.4 is 108 Å². The molecule has 0 saturated carbocycles. The monoisotopic (exact) mass is 140 g/mol. The number of rotatable bonds is 0. The fourth-order valence-corrected chi connectivity index (χ4v) is 0. The van der Waals surface area contributed by atoms with Crippen LogP contribution in [0, 0.1) is 0 Å². The van der Waals surface area contributed by atoms with E-state index in [1.807, 2.05) is 0 Å². The summed E-state index contributed by atoms with van der Waals surface area (Å²) in [7, 11) is 0. The molecule has 0 heterocycles. The van der Waals surface area contributed by atoms with Crippen molar-refractivity contribution < 1.29 is 119 Å². The van der Waals surface area contributed by atoms with Gasteiger partial charge in [0.25, 0.3) is 0 Å². The first kappa shape index (κ1) is 15.8. The Morgan fingerprint density at radius 2 is 1.67 bits per heavy atom. The summed E-state index contributed by atoms with van der Waals surface area (Å²) in [6, 6.07) is 0. The molecule has 0 saturated heterocycles. The van der Waals surface area contributed by atoms with Crippen LogP contribution in [0.25, 0.3) is 0 Å². The predicted molar refractivity (Wildman–Crippen MR) is 9.14 cm³/mol. The summed E-state index contributed by atoms with van der Waals surface area (Å²) in [5.41, 5.74) is 0. The van der Waals surface area contributed by atoms with Gasteiger partial charge in [-0.15, -0.1) is 0 Å². The Bertz CT molecular complexity index is 35.9. The SMILES string of the molecule is O=C([O-])O.[H-].[K+].[K+]. The molecule has 6 heavy (non-hydrogen) atoms. The molecule has 0 aliphatic carbocycles. The number of carboxylic acid groups (broad SMARTS) is 2. The summed E-state index contributed by atoms with van der Waals surface area (Å²) < 4.78 is 0. The first-order valence-corrected chi connectivity index (χ1v) is 0.632. The van der Waals surface area contributed by atoms with E-state index < -0.39 is 6.16 Å². The van der Waals surface area contributed by atoms with Crippen molar-refractivity contribution in [3.8, 4) is 0 Å². The van der Waals surface area contributed by atoms with Gasteiger partial charge in [0.1, 0.15) is 0 Å². The maximum absolute atomic E-state index is 8.44. The molecule has 0 aliphatic rings. The zero-order valence-electron chi connectivity index (χ0n) is 4.76. The van der Waals surface area contributed by atoms with Gasteiger partial charge in [-0.25, -0.2) is 0 Å². The minimum atomic E-state index is -2.08. The summed E-state index contributed by atoms with van der Waals surface area (Å²) in [5, 5.41) is 15.3. The van der Waals surface area contributed by atoms with E-state index in [-0.39, 0.29) is 104 Å². The average molecular weight is 140 g/mol. The van der Waals surface area contributed by atoms with Gasteiger partial charge in [-0.3, -0.25) is 0 Å². The standard InChI is InChI=1S/CH2O3.2K.H/c2-1(3)4;;;/h(H2,2,3,4);;;/q;2*+1;-1/p-1. The largest absolute Gasteiger partial charge is 1.00 e. The van der Waals surface area contributed by atoms with Crippen molar-refractivity contribution in [3.05, 3.63) is 0 Å². The molecule has 5 heteroatoms. The fraction of sp³-hybridized carbons (Fsp3) is 0. The van der Waals surface area contributed by atoms with E-state index in [9.17, 15) is 0 Å². The quantitative estimate of drug-likeness (QED) is 0.340. The van der Waals surface area contributed by atoms with Gasteiger partial charge in [0, 0.05) is 0 Å². The van der Waals surface area contributed by atoms with Gasteiger partial charge in [0.05, 0.1) is 0 Å². The number of carbonyl (C=O) groups is 1. The van der Waals surface area contributed by atoms with Crippen LogP contribution in [-0.4, -0.2) is 11.3 Å². The van der Waals surface area contributed by atoms with Crippen LogP contribution in [0.15, 0.2) is 0 Å². The van der Waals surface area contributed by atoms with E-state index in [0.29, 0.717) is 0 Å². The molecule has 0 spiro atoms. The van der Waals surface area contributed by atoms with Gasteiger partial charge in [0.15, 0.2) is 0 Å². The van der Waals surface area contributed by atoms with E-state index in [1.165, 1.54) is 0 Å². The molecule has 0 aromatic rings. The summed E-state index contributed by atoms with van der Waals surface area (Å²) in [5.74, 6) is 0. The molecule has 26 valence electrons. The first-order valence-electron chi connectivity index (χ1n) is 0.632. The van der Waals surface area contributed by atoms with Crippen LogP contribution in [0.4, 0.5) is 4.79 Å². The van der Waals surface area contributed by atoms with Crippen molar-refractivity contribution >= 4 is 6.16 Å². The second-order valence-electron chi connectivity index (χ2n) is 0.266. The van der Waals surface area contributed by atoms with Gasteiger partial charge >= 0.3 is 103 Å². The molecule has 0 amide bonds. The molecular weight excluding hydrogens is 138 g/mol. The van der Waals surface area contributed by atoms with Crippen molar-refractivity contribution in [3.63, 3.8) is 0 Å². The van der Waals surface area contributed by atoms with Crippen molar-refractivity contribution in [2.45, 2.75) is 0 Å². The van der Waals surface area contributed by atoms with Crippen LogP contribution in [0.5, 0.6) is 0 Å². The van der Waals surface area contributed by atoms with E-state index in [0.717, 1.165) is 0 Å². The van der Waals surface area contributed by atoms with E-state index in [4.69, 9.17) is 15.0 Å². The van der Waals surface area contributed by atoms with E-state index in [2.05, 4.69) is 0 Å². The van der Waals surface area contributed by atoms with Crippen LogP contribution in [-0.2, 0) is 0 Å². The molecule has 0 unspecified atom stereocenters. The summed E-state index contributed by atoms with van der Waals surface area (Å²) in [6.45, 7) is 0. The predicted octanol–water partition coefficient (Wildman–Crippen LogP) is -6.99. The second kappa shape index (κ2) is 10.5. The zero-order valence-corrected chi connectivity index (χ0v) is 10.0. The molecule has 0 aromatic carbocycles. The molecule has 0 aliphatic heterocycles. The van der Waals surface area contributed by atoms with Crippen molar-refractivity contribution in [1.82, 2.24) is 0 Å². The van der Waals surface area contributed by atoms with Crippen LogP contribution >= 0.6 is 0 Å². The molecule has 0 bridgehead atoms. The van der Waals surface area contributed by atoms with Crippen LogP contribution in [0.2, 0.25) is 0 Å². The fourth-order valence-electron chi connectivity index (χ4n) is 0. The van der Waals surface area contributed by atoms with Gasteiger partial charge < -0.3 is 16.4 Å². The third-order valence-electron chi connectivity index (χ3n) is 0. The molecule has 1 N–H and O–H groups in total. The minimum absolute atomic E-state index is 0. The smallest absolute Gasteiger partial charge is 1.00 e. The molecule has 0 atom stereocenters. The van der Waals surface area contributed by atoms with Crippen LogP contribution in [0.3, 0.4) is 0 Å². The Balaban J connectivity index is -0.0000000150. The maximum atomic E-state index is 8.44. The summed E-state index contributed by atoms with van der Waals surface area (Å²) >= 11 is 0. The Morgan fingerprint density at radius 3 is 1.67 bits per heavy atom. The number of hydrogen-bond acceptors (Lipinski definition) is 2. The zero-order chi connectivity index (χ0) is 3.58. The van der Waals surface area contributed by atoms with Gasteiger partial charge in [0.2, 0.25) is 6.16 Å². The van der Waals surface area contributed by atoms with Gasteiger partial charge in [-0.05, 0) is 0 Å². The summed E-state index contributed by atoms with van der Waals surface area (Å²) in [4.78, 5) is 8.44. The first-order chi connectivity index (χ1) is 1.73. The third kappa shape index (κ3) is 31.1.